The Morgan fingerprint density at radius 2 is 2.38 bits per heavy atom. The highest BCUT2D eigenvalue weighted by Gasteiger charge is 2.29. The molecule has 82 valence electrons. The molecule has 2 aliphatic rings. The Morgan fingerprint density at radius 1 is 1.50 bits per heavy atom. The molecular formula is C11H11N3OS. The first kappa shape index (κ1) is 9.72. The largest absolute Gasteiger partial charge is 0.330 e. The van der Waals surface area contributed by atoms with Crippen LogP contribution in [0.1, 0.15) is 0 Å². The topological polar surface area (TPSA) is 45.2 Å². The highest BCUT2D eigenvalue weighted by atomic mass is 32.2. The Kier molecular flexibility index (Phi) is 2.14. The quantitative estimate of drug-likeness (QED) is 0.737. The monoisotopic (exact) mass is 233 g/mol. The number of pyridine rings is 1. The summed E-state index contributed by atoms with van der Waals surface area (Å²) in [6.45, 7) is 0. The highest BCUT2D eigenvalue weighted by Crippen LogP contribution is 2.35. The van der Waals surface area contributed by atoms with Gasteiger partial charge in [0.25, 0.3) is 5.91 Å². The molecule has 0 radical (unpaired) electrons. The van der Waals surface area contributed by atoms with Crippen molar-refractivity contribution in [3.8, 4) is 0 Å². The van der Waals surface area contributed by atoms with Crippen LogP contribution in [0.5, 0.6) is 0 Å². The van der Waals surface area contributed by atoms with Crippen molar-refractivity contribution in [2.45, 2.75) is 0 Å². The minimum Gasteiger partial charge on any atom is -0.330 e. The Hall–Kier alpha value is -1.49. The number of nitrogens with one attached hydrogen (secondary N) is 1. The number of thioether (sulfide) groups is 1. The van der Waals surface area contributed by atoms with Gasteiger partial charge < -0.3 is 10.2 Å². The number of amides is 1. The van der Waals surface area contributed by atoms with Crippen LogP contribution in [0.15, 0.2) is 29.6 Å². The van der Waals surface area contributed by atoms with Gasteiger partial charge in [0.1, 0.15) is 0 Å². The number of rotatable bonds is 0. The van der Waals surface area contributed by atoms with E-state index in [0.29, 0.717) is 0 Å². The van der Waals surface area contributed by atoms with Crippen molar-refractivity contribution in [2.75, 3.05) is 28.8 Å². The van der Waals surface area contributed by atoms with Crippen molar-refractivity contribution in [2.24, 2.45) is 0 Å². The minimum atomic E-state index is 0.0126. The van der Waals surface area contributed by atoms with Gasteiger partial charge >= 0.3 is 0 Å². The summed E-state index contributed by atoms with van der Waals surface area (Å²) in [5.74, 6) is 2.51. The predicted octanol–water partition coefficient (Wildman–Crippen LogP) is 1.47. The van der Waals surface area contributed by atoms with Crippen LogP contribution in [0.4, 0.5) is 11.5 Å². The molecule has 4 nitrogen and oxygen atoms in total. The van der Waals surface area contributed by atoms with Gasteiger partial charge in [0, 0.05) is 36.0 Å². The number of hydrogen-bond donors (Lipinski definition) is 1. The molecule has 0 bridgehead atoms. The molecule has 0 fully saturated rings. The molecule has 3 rings (SSSR count). The Balaban J connectivity index is 2.16. The smallest absolute Gasteiger partial charge is 0.254 e. The van der Waals surface area contributed by atoms with E-state index in [2.05, 4.69) is 10.3 Å². The van der Waals surface area contributed by atoms with Crippen LogP contribution in [-0.4, -0.2) is 29.4 Å². The van der Waals surface area contributed by atoms with E-state index in [1.807, 2.05) is 24.1 Å². The molecule has 0 unspecified atom stereocenters. The van der Waals surface area contributed by atoms with E-state index in [1.165, 1.54) is 0 Å². The van der Waals surface area contributed by atoms with E-state index in [-0.39, 0.29) is 5.91 Å². The lowest BCUT2D eigenvalue weighted by atomic mass is 10.2. The van der Waals surface area contributed by atoms with E-state index in [4.69, 9.17) is 0 Å². The molecule has 0 saturated carbocycles. The minimum absolute atomic E-state index is 0.0126. The summed E-state index contributed by atoms with van der Waals surface area (Å²) >= 11 is 1.77. The molecule has 0 aromatic carbocycles. The first-order chi connectivity index (χ1) is 7.77. The number of aromatic nitrogens is 1. The maximum atomic E-state index is 12.0. The van der Waals surface area contributed by atoms with Crippen LogP contribution in [0, 0.1) is 0 Å². The van der Waals surface area contributed by atoms with Gasteiger partial charge in [0.05, 0.1) is 5.69 Å². The second kappa shape index (κ2) is 3.52. The second-order valence-electron chi connectivity index (χ2n) is 3.81. The van der Waals surface area contributed by atoms with Gasteiger partial charge in [-0.3, -0.25) is 4.79 Å². The molecule has 0 spiro atoms. The summed E-state index contributed by atoms with van der Waals surface area (Å²) in [7, 11) is 1.97. The van der Waals surface area contributed by atoms with Crippen molar-refractivity contribution >= 4 is 29.2 Å². The SMILES string of the molecule is CN1C2=C(CSC2)C(=O)Nc2cccnc21. The Bertz CT molecular complexity index is 498. The van der Waals surface area contributed by atoms with Crippen molar-refractivity contribution in [3.05, 3.63) is 29.6 Å². The zero-order valence-corrected chi connectivity index (χ0v) is 9.67. The second-order valence-corrected chi connectivity index (χ2v) is 4.79. The van der Waals surface area contributed by atoms with Crippen LogP contribution in [0.3, 0.4) is 0 Å². The molecule has 1 aromatic rings. The van der Waals surface area contributed by atoms with E-state index >= 15 is 0 Å². The molecule has 1 N–H and O–H groups in total. The lowest BCUT2D eigenvalue weighted by molar-refractivity contribution is -0.112. The maximum Gasteiger partial charge on any atom is 0.254 e. The molecule has 1 amide bonds. The predicted molar refractivity (Wildman–Crippen MR) is 65.6 cm³/mol. The zero-order valence-electron chi connectivity index (χ0n) is 8.86. The maximum absolute atomic E-state index is 12.0. The number of carbonyl (C=O) groups excluding carboxylic acids is 1. The average Bonchev–Trinajstić information content (AvgIpc) is 2.74. The Morgan fingerprint density at radius 3 is 3.25 bits per heavy atom. The van der Waals surface area contributed by atoms with Gasteiger partial charge in [-0.15, -0.1) is 0 Å². The van der Waals surface area contributed by atoms with Gasteiger partial charge in [-0.1, -0.05) is 0 Å². The molecule has 1 aromatic heterocycles. The van der Waals surface area contributed by atoms with Crippen molar-refractivity contribution in [1.29, 1.82) is 0 Å². The average molecular weight is 233 g/mol. The summed E-state index contributed by atoms with van der Waals surface area (Å²) in [5, 5.41) is 2.91. The molecule has 2 aliphatic heterocycles. The van der Waals surface area contributed by atoms with Gasteiger partial charge in [-0.25, -0.2) is 4.98 Å². The van der Waals surface area contributed by atoms with Gasteiger partial charge in [0.2, 0.25) is 0 Å². The molecule has 16 heavy (non-hydrogen) atoms. The molecule has 5 heteroatoms. The lowest BCUT2D eigenvalue weighted by Crippen LogP contribution is -2.19. The highest BCUT2D eigenvalue weighted by molar-refractivity contribution is 8.00. The Labute approximate surface area is 97.7 Å². The lowest BCUT2D eigenvalue weighted by Gasteiger charge is -2.19. The molecule has 0 aliphatic carbocycles. The van der Waals surface area contributed by atoms with Crippen LogP contribution in [0.25, 0.3) is 0 Å². The first-order valence-corrected chi connectivity index (χ1v) is 6.22. The van der Waals surface area contributed by atoms with Crippen LogP contribution in [0.2, 0.25) is 0 Å². The summed E-state index contributed by atoms with van der Waals surface area (Å²) in [6.07, 6.45) is 1.75. The van der Waals surface area contributed by atoms with E-state index in [0.717, 1.165) is 34.3 Å². The normalized spacial score (nSPS) is 19.1. The fourth-order valence-electron chi connectivity index (χ4n) is 2.00. The fourth-order valence-corrected chi connectivity index (χ4v) is 3.17. The van der Waals surface area contributed by atoms with E-state index in [1.54, 1.807) is 18.0 Å². The van der Waals surface area contributed by atoms with E-state index in [9.17, 15) is 4.79 Å². The number of fused-ring (bicyclic) bond motifs is 1. The summed E-state index contributed by atoms with van der Waals surface area (Å²) in [4.78, 5) is 18.3. The number of carbonyl (C=O) groups is 1. The van der Waals surface area contributed by atoms with Gasteiger partial charge in [-0.2, -0.15) is 11.8 Å². The molecule has 3 heterocycles. The number of anilines is 2. The standard InChI is InChI=1S/C11H11N3OS/c1-14-9-6-16-5-7(9)11(15)13-8-3-2-4-12-10(8)14/h2-4H,5-6H2,1H3,(H,13,15). The van der Waals surface area contributed by atoms with Crippen molar-refractivity contribution in [1.82, 2.24) is 4.98 Å². The van der Waals surface area contributed by atoms with Gasteiger partial charge in [-0.05, 0) is 12.1 Å². The first-order valence-electron chi connectivity index (χ1n) is 5.07. The molecule has 0 atom stereocenters. The van der Waals surface area contributed by atoms with Gasteiger partial charge in [0.15, 0.2) is 5.82 Å². The number of nitrogens with zero attached hydrogens (tertiary/aromatic N) is 2. The van der Waals surface area contributed by atoms with Crippen LogP contribution < -0.4 is 10.2 Å². The fraction of sp³-hybridized carbons (Fsp3) is 0.273. The summed E-state index contributed by atoms with van der Waals surface area (Å²) in [6, 6.07) is 3.71. The summed E-state index contributed by atoms with van der Waals surface area (Å²) in [5.41, 5.74) is 2.75. The van der Waals surface area contributed by atoms with Crippen LogP contribution >= 0.6 is 11.8 Å². The van der Waals surface area contributed by atoms with Crippen molar-refractivity contribution in [3.63, 3.8) is 0 Å². The third kappa shape index (κ3) is 1.31. The zero-order chi connectivity index (χ0) is 11.1. The molecule has 0 saturated heterocycles. The van der Waals surface area contributed by atoms with Crippen LogP contribution in [-0.2, 0) is 4.79 Å². The van der Waals surface area contributed by atoms with E-state index < -0.39 is 0 Å². The number of hydrogen-bond acceptors (Lipinski definition) is 4. The third-order valence-corrected chi connectivity index (χ3v) is 3.84. The summed E-state index contributed by atoms with van der Waals surface area (Å²) < 4.78 is 0. The van der Waals surface area contributed by atoms with Crippen molar-refractivity contribution < 1.29 is 4.79 Å². The molecular weight excluding hydrogens is 222 g/mol. The third-order valence-electron chi connectivity index (χ3n) is 2.87.